The van der Waals surface area contributed by atoms with Crippen molar-refractivity contribution < 1.29 is 9.59 Å². The molecule has 3 rings (SSSR count). The van der Waals surface area contributed by atoms with E-state index in [1.165, 1.54) is 0 Å². The second-order valence-corrected chi connectivity index (χ2v) is 5.65. The van der Waals surface area contributed by atoms with E-state index in [1.54, 1.807) is 29.9 Å². The third-order valence-corrected chi connectivity index (χ3v) is 4.52. The maximum Gasteiger partial charge on any atom is 0.257 e. The highest BCUT2D eigenvalue weighted by Gasteiger charge is 2.35. The number of aromatic amines is 1. The minimum absolute atomic E-state index is 0.0962. The summed E-state index contributed by atoms with van der Waals surface area (Å²) in [5, 5.41) is 3.51. The van der Waals surface area contributed by atoms with Crippen LogP contribution in [0.1, 0.15) is 10.4 Å². The highest BCUT2D eigenvalue weighted by atomic mass is 32.2. The molecule has 0 saturated carbocycles. The minimum Gasteiger partial charge on any atom is -0.360 e. The summed E-state index contributed by atoms with van der Waals surface area (Å²) in [6.07, 6.45) is 1.72. The summed E-state index contributed by atoms with van der Waals surface area (Å²) in [5.41, 5.74) is 1.55. The Morgan fingerprint density at radius 1 is 1.40 bits per heavy atom. The number of nitrogens with one attached hydrogen (secondary N) is 2. The van der Waals surface area contributed by atoms with Crippen molar-refractivity contribution in [3.63, 3.8) is 0 Å². The van der Waals surface area contributed by atoms with Gasteiger partial charge in [-0.1, -0.05) is 18.2 Å². The van der Waals surface area contributed by atoms with Crippen LogP contribution in [-0.2, 0) is 4.79 Å². The van der Waals surface area contributed by atoms with Crippen LogP contribution in [0.15, 0.2) is 30.5 Å². The molecule has 2 aromatic rings. The molecule has 104 valence electrons. The second-order valence-electron chi connectivity index (χ2n) is 4.65. The van der Waals surface area contributed by atoms with E-state index < -0.39 is 0 Å². The lowest BCUT2D eigenvalue weighted by molar-refractivity contribution is -0.123. The Kier molecular flexibility index (Phi) is 3.40. The van der Waals surface area contributed by atoms with Crippen LogP contribution >= 0.6 is 11.8 Å². The van der Waals surface area contributed by atoms with E-state index in [0.29, 0.717) is 17.2 Å². The first kappa shape index (κ1) is 13.1. The lowest BCUT2D eigenvalue weighted by Gasteiger charge is -2.22. The molecule has 5 nitrogen and oxygen atoms in total. The summed E-state index contributed by atoms with van der Waals surface area (Å²) < 4.78 is 0. The third kappa shape index (κ3) is 2.06. The predicted octanol–water partition coefficient (Wildman–Crippen LogP) is 1.43. The van der Waals surface area contributed by atoms with Crippen LogP contribution in [0.2, 0.25) is 0 Å². The fourth-order valence-electron chi connectivity index (χ4n) is 2.43. The van der Waals surface area contributed by atoms with E-state index in [9.17, 15) is 9.59 Å². The van der Waals surface area contributed by atoms with Crippen molar-refractivity contribution in [1.29, 1.82) is 0 Å². The number of aromatic nitrogens is 1. The van der Waals surface area contributed by atoms with Crippen molar-refractivity contribution in [2.75, 3.05) is 18.7 Å². The Morgan fingerprint density at radius 3 is 3.00 bits per heavy atom. The Morgan fingerprint density at radius 2 is 2.20 bits per heavy atom. The van der Waals surface area contributed by atoms with Crippen molar-refractivity contribution in [1.82, 2.24) is 15.2 Å². The maximum atomic E-state index is 12.7. The van der Waals surface area contributed by atoms with E-state index in [1.807, 2.05) is 24.3 Å². The van der Waals surface area contributed by atoms with Gasteiger partial charge < -0.3 is 15.2 Å². The number of hydrogen-bond acceptors (Lipinski definition) is 3. The summed E-state index contributed by atoms with van der Waals surface area (Å²) in [4.78, 5) is 29.2. The largest absolute Gasteiger partial charge is 0.360 e. The molecule has 1 aromatic carbocycles. The summed E-state index contributed by atoms with van der Waals surface area (Å²) >= 11 is 1.60. The number of carbonyl (C=O) groups excluding carboxylic acids is 2. The number of likely N-dealkylation sites (N-methyl/N-ethyl adjacent to an activating group) is 1. The van der Waals surface area contributed by atoms with Crippen LogP contribution in [0.3, 0.4) is 0 Å². The van der Waals surface area contributed by atoms with Gasteiger partial charge in [-0.3, -0.25) is 9.59 Å². The molecule has 2 N–H and O–H groups in total. The monoisotopic (exact) mass is 289 g/mol. The number of benzene rings is 1. The number of nitrogens with zero attached hydrogens (tertiary/aromatic N) is 1. The van der Waals surface area contributed by atoms with Crippen LogP contribution in [-0.4, -0.2) is 46.4 Å². The number of thioether (sulfide) groups is 1. The summed E-state index contributed by atoms with van der Waals surface area (Å²) in [6.45, 7) is 0. The average Bonchev–Trinajstić information content (AvgIpc) is 3.12. The zero-order valence-corrected chi connectivity index (χ0v) is 11.9. The Hall–Kier alpha value is -1.95. The normalized spacial score (nSPS) is 18.4. The Bertz CT molecular complexity index is 667. The van der Waals surface area contributed by atoms with Crippen molar-refractivity contribution in [3.05, 3.63) is 36.0 Å². The highest BCUT2D eigenvalue weighted by molar-refractivity contribution is 7.99. The van der Waals surface area contributed by atoms with Crippen LogP contribution in [0, 0.1) is 0 Å². The fraction of sp³-hybridized carbons (Fsp3) is 0.286. The molecular weight excluding hydrogens is 274 g/mol. The SMILES string of the molecule is CNC(=O)[C@H]1CSCN1C(=O)c1c[nH]c2ccccc12. The van der Waals surface area contributed by atoms with Gasteiger partial charge in [-0.05, 0) is 6.07 Å². The first-order valence-electron chi connectivity index (χ1n) is 6.39. The zero-order chi connectivity index (χ0) is 14.1. The van der Waals surface area contributed by atoms with Gasteiger partial charge in [0.1, 0.15) is 6.04 Å². The molecule has 1 aliphatic rings. The van der Waals surface area contributed by atoms with Gasteiger partial charge in [-0.2, -0.15) is 0 Å². The van der Waals surface area contributed by atoms with Crippen LogP contribution in [0.5, 0.6) is 0 Å². The van der Waals surface area contributed by atoms with Gasteiger partial charge in [0.25, 0.3) is 5.91 Å². The quantitative estimate of drug-likeness (QED) is 0.879. The molecule has 0 unspecified atom stereocenters. The Balaban J connectivity index is 1.94. The number of amides is 2. The molecule has 2 amide bonds. The van der Waals surface area contributed by atoms with Gasteiger partial charge in [0.05, 0.1) is 11.4 Å². The average molecular weight is 289 g/mol. The van der Waals surface area contributed by atoms with Crippen LogP contribution in [0.4, 0.5) is 0 Å². The predicted molar refractivity (Wildman–Crippen MR) is 79.6 cm³/mol. The molecule has 0 spiro atoms. The third-order valence-electron chi connectivity index (χ3n) is 3.51. The first-order valence-corrected chi connectivity index (χ1v) is 7.54. The van der Waals surface area contributed by atoms with E-state index in [-0.39, 0.29) is 17.9 Å². The van der Waals surface area contributed by atoms with Gasteiger partial charge >= 0.3 is 0 Å². The van der Waals surface area contributed by atoms with E-state index in [2.05, 4.69) is 10.3 Å². The number of carbonyl (C=O) groups is 2. The van der Waals surface area contributed by atoms with Gasteiger partial charge in [0, 0.05) is 29.9 Å². The lowest BCUT2D eigenvalue weighted by Crippen LogP contribution is -2.46. The molecule has 2 heterocycles. The molecule has 1 fully saturated rings. The molecule has 20 heavy (non-hydrogen) atoms. The molecule has 0 radical (unpaired) electrons. The van der Waals surface area contributed by atoms with E-state index >= 15 is 0 Å². The maximum absolute atomic E-state index is 12.7. The molecule has 1 aromatic heterocycles. The van der Waals surface area contributed by atoms with Crippen molar-refractivity contribution >= 4 is 34.5 Å². The molecular formula is C14H15N3O2S. The lowest BCUT2D eigenvalue weighted by atomic mass is 10.1. The smallest absolute Gasteiger partial charge is 0.257 e. The van der Waals surface area contributed by atoms with Gasteiger partial charge in [0.15, 0.2) is 0 Å². The van der Waals surface area contributed by atoms with E-state index in [0.717, 1.165) is 10.9 Å². The fourth-order valence-corrected chi connectivity index (χ4v) is 3.58. The van der Waals surface area contributed by atoms with Gasteiger partial charge in [-0.25, -0.2) is 0 Å². The second kappa shape index (κ2) is 5.20. The van der Waals surface area contributed by atoms with Crippen LogP contribution < -0.4 is 5.32 Å². The first-order chi connectivity index (χ1) is 9.72. The van der Waals surface area contributed by atoms with Crippen LogP contribution in [0.25, 0.3) is 10.9 Å². The Labute approximate surface area is 120 Å². The van der Waals surface area contributed by atoms with Crippen molar-refractivity contribution in [2.24, 2.45) is 0 Å². The molecule has 1 aliphatic heterocycles. The summed E-state index contributed by atoms with van der Waals surface area (Å²) in [5.74, 6) is 0.994. The molecule has 6 heteroatoms. The molecule has 1 atom stereocenters. The van der Waals surface area contributed by atoms with Crippen molar-refractivity contribution in [3.8, 4) is 0 Å². The molecule has 1 saturated heterocycles. The molecule has 0 bridgehead atoms. The highest BCUT2D eigenvalue weighted by Crippen LogP contribution is 2.26. The summed E-state index contributed by atoms with van der Waals surface area (Å²) in [6, 6.07) is 7.29. The van der Waals surface area contributed by atoms with E-state index in [4.69, 9.17) is 0 Å². The number of para-hydroxylation sites is 1. The molecule has 0 aliphatic carbocycles. The number of H-pyrrole nitrogens is 1. The summed E-state index contributed by atoms with van der Waals surface area (Å²) in [7, 11) is 1.60. The standard InChI is InChI=1S/C14H15N3O2S/c1-15-13(18)12-7-20-8-17(12)14(19)10-6-16-11-5-3-2-4-9(10)11/h2-6,12,16H,7-8H2,1H3,(H,15,18)/t12-/m1/s1. The van der Waals surface area contributed by atoms with Gasteiger partial charge in [0.2, 0.25) is 5.91 Å². The topological polar surface area (TPSA) is 65.2 Å². The minimum atomic E-state index is -0.383. The number of rotatable bonds is 2. The number of fused-ring (bicyclic) bond motifs is 1. The number of hydrogen-bond donors (Lipinski definition) is 2. The zero-order valence-electron chi connectivity index (χ0n) is 11.1. The van der Waals surface area contributed by atoms with Crippen molar-refractivity contribution in [2.45, 2.75) is 6.04 Å². The van der Waals surface area contributed by atoms with Gasteiger partial charge in [-0.15, -0.1) is 11.8 Å².